The molecule has 4 aromatic carbocycles. The van der Waals surface area contributed by atoms with Gasteiger partial charge in [-0.3, -0.25) is 4.32 Å². The Kier molecular flexibility index (Phi) is 10.7. The number of alkyl halides is 5. The number of methoxy groups -OCH3 is 2. The summed E-state index contributed by atoms with van der Waals surface area (Å²) in [5.74, 6) is -4.15. The molecule has 1 aromatic heterocycles. The molecule has 0 saturated heterocycles. The quantitative estimate of drug-likeness (QED) is 0.1000. The Morgan fingerprint density at radius 3 is 1.74 bits per heavy atom. The van der Waals surface area contributed by atoms with Crippen molar-refractivity contribution in [2.45, 2.75) is 39.8 Å². The van der Waals surface area contributed by atoms with Crippen molar-refractivity contribution in [3.63, 3.8) is 0 Å². The minimum atomic E-state index is -5.95. The summed E-state index contributed by atoms with van der Waals surface area (Å²) < 4.78 is 101. The van der Waals surface area contributed by atoms with Crippen LogP contribution in [-0.4, -0.2) is 50.4 Å². The SMILES string of the molecule is COc1ccc(C2=N/C(=C\c3c(-c4ccc(C)cc4C)cc(-c4ccc(OC)cc4)n3B(F)OCC(F)(F)C(F)(F)F)C(c3ccc(C)cc3C)=C2)cc1. The number of ether oxygens (including phenoxy) is 2. The highest BCUT2D eigenvalue weighted by molar-refractivity contribution is 6.43. The van der Waals surface area contributed by atoms with Gasteiger partial charge in [0.15, 0.2) is 0 Å². The summed E-state index contributed by atoms with van der Waals surface area (Å²) in [4.78, 5) is 5.01. The average molecular weight is 743 g/mol. The standard InChI is InChI=1S/C42H37BF6N2O3/c1-25-7-17-33(27(3)19-25)35-21-37(29-9-13-31(52-5)14-10-29)50-38(35)23-40-36(34-18-8-26(2)20-28(34)4)22-39(30-11-15-32(53-6)16-12-30)51(40)43(49)54-24-41(44,45)42(46,47)48/h7-23H,24H2,1-6H3/b38-23-. The molecule has 0 N–H and O–H groups in total. The Balaban J connectivity index is 1.63. The predicted molar refractivity (Wildman–Crippen MR) is 202 cm³/mol. The third-order valence-corrected chi connectivity index (χ3v) is 9.28. The van der Waals surface area contributed by atoms with Crippen molar-refractivity contribution in [1.82, 2.24) is 4.48 Å². The van der Waals surface area contributed by atoms with Crippen molar-refractivity contribution in [1.29, 1.82) is 0 Å². The van der Waals surface area contributed by atoms with Crippen LogP contribution in [0.15, 0.2) is 108 Å². The van der Waals surface area contributed by atoms with Gasteiger partial charge in [-0.05, 0) is 122 Å². The molecule has 2 heterocycles. The largest absolute Gasteiger partial charge is 0.638 e. The third kappa shape index (κ3) is 7.75. The summed E-state index contributed by atoms with van der Waals surface area (Å²) >= 11 is 0. The van der Waals surface area contributed by atoms with Gasteiger partial charge in [0.05, 0.1) is 25.6 Å². The lowest BCUT2D eigenvalue weighted by atomic mass is 9.94. The van der Waals surface area contributed by atoms with Crippen molar-refractivity contribution in [2.24, 2.45) is 4.99 Å². The lowest BCUT2D eigenvalue weighted by molar-refractivity contribution is -0.290. The molecular formula is C42H37BF6N2O3. The van der Waals surface area contributed by atoms with Crippen LogP contribution in [-0.2, 0) is 4.65 Å². The van der Waals surface area contributed by atoms with E-state index >= 15 is 4.32 Å². The number of hydrogen-bond acceptors (Lipinski definition) is 4. The molecule has 0 unspecified atom stereocenters. The molecule has 0 amide bonds. The van der Waals surface area contributed by atoms with E-state index in [-0.39, 0.29) is 11.4 Å². The van der Waals surface area contributed by atoms with E-state index in [0.29, 0.717) is 45.2 Å². The second-order valence-corrected chi connectivity index (χ2v) is 13.2. The van der Waals surface area contributed by atoms with Crippen LogP contribution in [0.5, 0.6) is 11.5 Å². The second kappa shape index (κ2) is 15.1. The van der Waals surface area contributed by atoms with Crippen LogP contribution in [0.1, 0.15) is 39.1 Å². The van der Waals surface area contributed by atoms with E-state index in [1.807, 2.05) is 82.3 Å². The Labute approximate surface area is 310 Å². The van der Waals surface area contributed by atoms with Crippen LogP contribution in [0.4, 0.5) is 26.3 Å². The van der Waals surface area contributed by atoms with E-state index in [0.717, 1.165) is 37.9 Å². The van der Waals surface area contributed by atoms with Gasteiger partial charge < -0.3 is 18.6 Å². The first-order chi connectivity index (χ1) is 25.6. The van der Waals surface area contributed by atoms with Crippen LogP contribution < -0.4 is 9.47 Å². The molecule has 1 aliphatic rings. The Hall–Kier alpha value is -5.49. The number of benzene rings is 4. The summed E-state index contributed by atoms with van der Waals surface area (Å²) in [5, 5.41) is 0. The zero-order chi connectivity index (χ0) is 38.9. The van der Waals surface area contributed by atoms with Gasteiger partial charge in [0.25, 0.3) is 0 Å². The third-order valence-electron chi connectivity index (χ3n) is 9.28. The maximum Gasteiger partial charge on any atom is 0.638 e. The number of rotatable bonds is 11. The maximum absolute atomic E-state index is 16.6. The molecular weight excluding hydrogens is 705 g/mol. The molecule has 12 heteroatoms. The van der Waals surface area contributed by atoms with Gasteiger partial charge >= 0.3 is 19.4 Å². The fraction of sp³-hybridized carbons (Fsp3) is 0.214. The summed E-state index contributed by atoms with van der Waals surface area (Å²) in [7, 11) is 0.271. The first-order valence-corrected chi connectivity index (χ1v) is 17.0. The molecule has 0 fully saturated rings. The molecule has 0 saturated carbocycles. The van der Waals surface area contributed by atoms with E-state index < -0.39 is 26.0 Å². The molecule has 1 aliphatic heterocycles. The highest BCUT2D eigenvalue weighted by atomic mass is 19.4. The number of nitrogens with zero attached hydrogens (tertiary/aromatic N) is 2. The Morgan fingerprint density at radius 2 is 1.22 bits per heavy atom. The zero-order valence-corrected chi connectivity index (χ0v) is 30.5. The molecule has 54 heavy (non-hydrogen) atoms. The van der Waals surface area contributed by atoms with Crippen molar-refractivity contribution < 1.29 is 40.4 Å². The molecule has 0 aliphatic carbocycles. The predicted octanol–water partition coefficient (Wildman–Crippen LogP) is 11.0. The normalized spacial score (nSPS) is 14.0. The lowest BCUT2D eigenvalue weighted by Crippen LogP contribution is -2.43. The molecule has 6 rings (SSSR count). The smallest absolute Gasteiger partial charge is 0.497 e. The van der Waals surface area contributed by atoms with E-state index in [9.17, 15) is 22.0 Å². The highest BCUT2D eigenvalue weighted by Crippen LogP contribution is 2.41. The number of aryl methyl sites for hydroxylation is 4. The zero-order valence-electron chi connectivity index (χ0n) is 30.5. The second-order valence-electron chi connectivity index (χ2n) is 13.2. The summed E-state index contributed by atoms with van der Waals surface area (Å²) in [6, 6.07) is 27.2. The van der Waals surface area contributed by atoms with E-state index in [1.54, 1.807) is 55.7 Å². The van der Waals surface area contributed by atoms with Crippen molar-refractivity contribution in [3.05, 3.63) is 142 Å². The minimum absolute atomic E-state index is 0.140. The lowest BCUT2D eigenvalue weighted by Gasteiger charge is -2.21. The summed E-state index contributed by atoms with van der Waals surface area (Å²) in [6.45, 7) is 5.51. The van der Waals surface area contributed by atoms with Crippen LogP contribution in [0.3, 0.4) is 0 Å². The molecule has 0 spiro atoms. The van der Waals surface area contributed by atoms with E-state index in [4.69, 9.17) is 19.1 Å². The van der Waals surface area contributed by atoms with Gasteiger partial charge in [-0.2, -0.15) is 22.0 Å². The van der Waals surface area contributed by atoms with Crippen molar-refractivity contribution >= 4 is 24.7 Å². The number of halogens is 6. The maximum atomic E-state index is 16.6. The van der Waals surface area contributed by atoms with E-state index in [1.165, 1.54) is 7.11 Å². The number of aliphatic imine (C=N–C) groups is 1. The monoisotopic (exact) mass is 742 g/mol. The van der Waals surface area contributed by atoms with Gasteiger partial charge in [0, 0.05) is 28.1 Å². The highest BCUT2D eigenvalue weighted by Gasteiger charge is 2.58. The van der Waals surface area contributed by atoms with Gasteiger partial charge in [-0.15, -0.1) is 0 Å². The number of hydrogen-bond donors (Lipinski definition) is 0. The molecule has 0 atom stereocenters. The Bertz CT molecular complexity index is 2270. The fourth-order valence-corrected chi connectivity index (χ4v) is 6.46. The molecule has 0 radical (unpaired) electrons. The first kappa shape index (κ1) is 38.2. The van der Waals surface area contributed by atoms with Crippen LogP contribution in [0.2, 0.25) is 0 Å². The van der Waals surface area contributed by atoms with Gasteiger partial charge in [0.2, 0.25) is 0 Å². The topological polar surface area (TPSA) is 45.0 Å². The minimum Gasteiger partial charge on any atom is -0.497 e. The average Bonchev–Trinajstić information content (AvgIpc) is 3.72. The van der Waals surface area contributed by atoms with Crippen LogP contribution in [0.25, 0.3) is 34.0 Å². The van der Waals surface area contributed by atoms with Gasteiger partial charge in [0.1, 0.15) is 18.1 Å². The molecule has 0 bridgehead atoms. The fourth-order valence-electron chi connectivity index (χ4n) is 6.46. The van der Waals surface area contributed by atoms with Gasteiger partial charge in [-0.1, -0.05) is 47.5 Å². The van der Waals surface area contributed by atoms with Crippen molar-refractivity contribution in [3.8, 4) is 33.9 Å². The number of allylic oxidation sites excluding steroid dienone is 2. The Morgan fingerprint density at radius 1 is 0.685 bits per heavy atom. The van der Waals surface area contributed by atoms with Crippen molar-refractivity contribution in [2.75, 3.05) is 20.8 Å². The van der Waals surface area contributed by atoms with Gasteiger partial charge in [-0.25, -0.2) is 4.99 Å². The van der Waals surface area contributed by atoms with E-state index in [2.05, 4.69) is 0 Å². The molecule has 278 valence electrons. The molecule has 5 nitrogen and oxygen atoms in total. The van der Waals surface area contributed by atoms with Crippen LogP contribution >= 0.6 is 0 Å². The summed E-state index contributed by atoms with van der Waals surface area (Å²) in [5.41, 5.74) is 9.00. The first-order valence-electron chi connectivity index (χ1n) is 17.0. The number of aromatic nitrogens is 1. The summed E-state index contributed by atoms with van der Waals surface area (Å²) in [6.07, 6.45) is -2.41. The molecule has 5 aromatic rings. The van der Waals surface area contributed by atoms with Crippen LogP contribution in [0, 0.1) is 27.7 Å².